The maximum atomic E-state index is 13.2. The van der Waals surface area contributed by atoms with Gasteiger partial charge in [-0.05, 0) is 48.7 Å². The van der Waals surface area contributed by atoms with Gasteiger partial charge in [0.05, 0.1) is 15.4 Å². The van der Waals surface area contributed by atoms with Gasteiger partial charge < -0.3 is 20.7 Å². The predicted octanol–water partition coefficient (Wildman–Crippen LogP) is 3.27. The molecule has 3 N–H and O–H groups in total. The molecule has 0 spiro atoms. The molecule has 0 saturated carbocycles. The van der Waals surface area contributed by atoms with E-state index in [-0.39, 0.29) is 31.5 Å². The SMILES string of the molecule is [2H]c1c(CC(N)C(=O)NC(Cc2ccc(F)cc2)C(=O)OCC)ccc(N(CCCl)CCCl)c1[2H]. The molecule has 0 aliphatic heterocycles. The van der Waals surface area contributed by atoms with Crippen molar-refractivity contribution in [1.82, 2.24) is 5.32 Å². The van der Waals surface area contributed by atoms with Crippen LogP contribution in [0, 0.1) is 5.82 Å². The highest BCUT2D eigenvalue weighted by molar-refractivity contribution is 6.18. The molecule has 2 aromatic rings. The van der Waals surface area contributed by atoms with Crippen molar-refractivity contribution in [3.05, 3.63) is 65.4 Å². The lowest BCUT2D eigenvalue weighted by Crippen LogP contribution is -2.50. The van der Waals surface area contributed by atoms with Gasteiger partial charge in [0.15, 0.2) is 0 Å². The van der Waals surface area contributed by atoms with E-state index >= 15 is 0 Å². The van der Waals surface area contributed by atoms with Crippen LogP contribution in [0.4, 0.5) is 10.1 Å². The summed E-state index contributed by atoms with van der Waals surface area (Å²) in [7, 11) is 0. The molecule has 2 rings (SSSR count). The summed E-state index contributed by atoms with van der Waals surface area (Å²) in [4.78, 5) is 27.0. The van der Waals surface area contributed by atoms with Crippen LogP contribution >= 0.6 is 23.2 Å². The minimum Gasteiger partial charge on any atom is -0.464 e. The Morgan fingerprint density at radius 1 is 1.09 bits per heavy atom. The minimum absolute atomic E-state index is 0.00602. The fourth-order valence-corrected chi connectivity index (χ4v) is 3.58. The maximum absolute atomic E-state index is 13.2. The van der Waals surface area contributed by atoms with E-state index in [0.717, 1.165) is 0 Å². The van der Waals surface area contributed by atoms with Crippen LogP contribution < -0.4 is 16.0 Å². The van der Waals surface area contributed by atoms with Crippen molar-refractivity contribution in [2.45, 2.75) is 31.8 Å². The molecule has 0 aliphatic carbocycles. The van der Waals surface area contributed by atoms with E-state index in [1.54, 1.807) is 19.1 Å². The van der Waals surface area contributed by atoms with Gasteiger partial charge in [-0.25, -0.2) is 9.18 Å². The lowest BCUT2D eigenvalue weighted by atomic mass is 10.0. The maximum Gasteiger partial charge on any atom is 0.328 e. The monoisotopic (exact) mass is 499 g/mol. The first kappa shape index (κ1) is 23.8. The van der Waals surface area contributed by atoms with Crippen molar-refractivity contribution < 1.29 is 21.5 Å². The molecular formula is C24H30Cl2FN3O3. The Labute approximate surface area is 207 Å². The van der Waals surface area contributed by atoms with E-state index in [9.17, 15) is 14.0 Å². The average Bonchev–Trinajstić information content (AvgIpc) is 2.83. The molecule has 180 valence electrons. The number of nitrogens with zero attached hydrogens (tertiary/aromatic N) is 1. The molecule has 33 heavy (non-hydrogen) atoms. The van der Waals surface area contributed by atoms with Gasteiger partial charge in [-0.2, -0.15) is 0 Å². The van der Waals surface area contributed by atoms with Gasteiger partial charge in [0.1, 0.15) is 11.9 Å². The normalized spacial score (nSPS) is 13.5. The number of carbonyl (C=O) groups is 2. The molecule has 2 unspecified atom stereocenters. The first-order valence-electron chi connectivity index (χ1n) is 11.6. The van der Waals surface area contributed by atoms with Crippen molar-refractivity contribution in [3.63, 3.8) is 0 Å². The topological polar surface area (TPSA) is 84.7 Å². The summed E-state index contributed by atoms with van der Waals surface area (Å²) >= 11 is 11.7. The van der Waals surface area contributed by atoms with Crippen molar-refractivity contribution >= 4 is 40.8 Å². The molecule has 0 aromatic heterocycles. The minimum atomic E-state index is -1.07. The van der Waals surface area contributed by atoms with E-state index in [0.29, 0.717) is 41.7 Å². The summed E-state index contributed by atoms with van der Waals surface area (Å²) in [5.41, 5.74) is 7.68. The standard InChI is InChI=1S/C24H30Cl2FN3O3/c1-2-33-24(32)22(16-18-3-7-19(27)8-4-18)29-23(31)21(28)15-17-5-9-20(10-6-17)30(13-11-25)14-12-26/h3-10,21-22H,2,11-16,28H2,1H3,(H,29,31)/i5D,9D. The Kier molecular flexibility index (Phi) is 10.1. The third-order valence-electron chi connectivity index (χ3n) is 4.86. The molecular weight excluding hydrogens is 468 g/mol. The van der Waals surface area contributed by atoms with Crippen LogP contribution in [0.1, 0.15) is 20.8 Å². The Bertz CT molecular complexity index is 993. The number of halogens is 3. The van der Waals surface area contributed by atoms with Crippen molar-refractivity contribution in [2.75, 3.05) is 36.4 Å². The highest BCUT2D eigenvalue weighted by Gasteiger charge is 2.25. The van der Waals surface area contributed by atoms with Crippen molar-refractivity contribution in [3.8, 4) is 0 Å². The van der Waals surface area contributed by atoms with E-state index in [4.69, 9.17) is 36.4 Å². The Hall–Kier alpha value is -2.35. The fraction of sp³-hybridized carbons (Fsp3) is 0.417. The van der Waals surface area contributed by atoms with Crippen LogP contribution in [0.5, 0.6) is 0 Å². The Morgan fingerprint density at radius 2 is 1.73 bits per heavy atom. The molecule has 9 heteroatoms. The van der Waals surface area contributed by atoms with Gasteiger partial charge in [0.2, 0.25) is 5.91 Å². The van der Waals surface area contributed by atoms with Gasteiger partial charge >= 0.3 is 5.97 Å². The predicted molar refractivity (Wildman–Crippen MR) is 130 cm³/mol. The van der Waals surface area contributed by atoms with Gasteiger partial charge in [-0.15, -0.1) is 23.2 Å². The summed E-state index contributed by atoms with van der Waals surface area (Å²) in [6.45, 7) is 2.74. The number of benzene rings is 2. The lowest BCUT2D eigenvalue weighted by Gasteiger charge is -2.23. The second kappa shape index (κ2) is 14.0. The molecule has 0 aliphatic rings. The third kappa shape index (κ3) is 8.84. The summed E-state index contributed by atoms with van der Waals surface area (Å²) in [5.74, 6) is -0.959. The number of nitrogens with two attached hydrogens (primary N) is 1. The van der Waals surface area contributed by atoms with E-state index in [2.05, 4.69) is 5.32 Å². The number of hydrogen-bond donors (Lipinski definition) is 2. The Morgan fingerprint density at radius 3 is 2.33 bits per heavy atom. The number of anilines is 1. The third-order valence-corrected chi connectivity index (χ3v) is 5.20. The highest BCUT2D eigenvalue weighted by atomic mass is 35.5. The second-order valence-electron chi connectivity index (χ2n) is 7.31. The van der Waals surface area contributed by atoms with Crippen molar-refractivity contribution in [2.24, 2.45) is 5.73 Å². The largest absolute Gasteiger partial charge is 0.464 e. The van der Waals surface area contributed by atoms with Gasteiger partial charge in [-0.3, -0.25) is 4.79 Å². The lowest BCUT2D eigenvalue weighted by molar-refractivity contribution is -0.147. The summed E-state index contributed by atoms with van der Waals surface area (Å²) in [6.07, 6.45) is 0.0950. The highest BCUT2D eigenvalue weighted by Crippen LogP contribution is 2.16. The van der Waals surface area contributed by atoms with Crippen LogP contribution in [0.15, 0.2) is 48.5 Å². The molecule has 2 atom stereocenters. The first-order valence-corrected chi connectivity index (χ1v) is 11.7. The molecule has 0 heterocycles. The van der Waals surface area contributed by atoms with E-state index in [1.807, 2.05) is 4.90 Å². The van der Waals surface area contributed by atoms with E-state index in [1.165, 1.54) is 24.3 Å². The average molecular weight is 500 g/mol. The zero-order chi connectivity index (χ0) is 26.0. The number of ether oxygens (including phenoxy) is 1. The molecule has 0 saturated heterocycles. The number of rotatable bonds is 13. The van der Waals surface area contributed by atoms with Gasteiger partial charge in [-0.1, -0.05) is 24.2 Å². The van der Waals surface area contributed by atoms with E-state index < -0.39 is 29.8 Å². The molecule has 0 radical (unpaired) electrons. The van der Waals surface area contributed by atoms with Crippen LogP contribution in [-0.4, -0.2) is 55.4 Å². The van der Waals surface area contributed by atoms with Gasteiger partial charge in [0.25, 0.3) is 0 Å². The summed E-state index contributed by atoms with van der Waals surface area (Å²) < 4.78 is 35.0. The first-order chi connectivity index (χ1) is 16.7. The molecule has 0 fully saturated rings. The summed E-state index contributed by atoms with van der Waals surface area (Å²) in [6, 6.07) is 6.78. The molecule has 2 aromatic carbocycles. The second-order valence-corrected chi connectivity index (χ2v) is 8.07. The van der Waals surface area contributed by atoms with Crippen LogP contribution in [-0.2, 0) is 27.2 Å². The number of esters is 1. The van der Waals surface area contributed by atoms with Crippen LogP contribution in [0.2, 0.25) is 0 Å². The fourth-order valence-electron chi connectivity index (χ4n) is 3.17. The van der Waals surface area contributed by atoms with Crippen LogP contribution in [0.25, 0.3) is 0 Å². The quantitative estimate of drug-likeness (QED) is 0.326. The number of carbonyl (C=O) groups excluding carboxylic acids is 2. The zero-order valence-corrected chi connectivity index (χ0v) is 20.0. The van der Waals surface area contributed by atoms with Crippen molar-refractivity contribution in [1.29, 1.82) is 0 Å². The Balaban J connectivity index is 2.14. The number of nitrogens with one attached hydrogen (secondary N) is 1. The number of hydrogen-bond acceptors (Lipinski definition) is 5. The summed E-state index contributed by atoms with van der Waals surface area (Å²) in [5, 5.41) is 2.60. The smallest absolute Gasteiger partial charge is 0.328 e. The number of amides is 1. The number of alkyl halides is 2. The van der Waals surface area contributed by atoms with Gasteiger partial charge in [0, 0.05) is 37.0 Å². The zero-order valence-electron chi connectivity index (χ0n) is 20.5. The molecule has 1 amide bonds. The van der Waals surface area contributed by atoms with Crippen LogP contribution in [0.3, 0.4) is 0 Å². The molecule has 0 bridgehead atoms. The molecule has 6 nitrogen and oxygen atoms in total.